The summed E-state index contributed by atoms with van der Waals surface area (Å²) in [7, 11) is 0. The topological polar surface area (TPSA) is 57.5 Å². The summed E-state index contributed by atoms with van der Waals surface area (Å²) < 4.78 is 13.5. The molecule has 0 aliphatic heterocycles. The lowest BCUT2D eigenvalue weighted by Gasteiger charge is -1.99. The molecule has 0 fully saturated rings. The monoisotopic (exact) mass is 226 g/mol. The van der Waals surface area contributed by atoms with Crippen molar-refractivity contribution < 1.29 is 19.4 Å². The van der Waals surface area contributed by atoms with Crippen molar-refractivity contribution in [1.82, 2.24) is 0 Å². The van der Waals surface area contributed by atoms with Crippen LogP contribution in [0.15, 0.2) is 24.3 Å². The zero-order chi connectivity index (χ0) is 11.0. The molecule has 0 spiro atoms. The van der Waals surface area contributed by atoms with Gasteiger partial charge >= 0.3 is 5.97 Å². The van der Waals surface area contributed by atoms with E-state index in [1.807, 2.05) is 0 Å². The highest BCUT2D eigenvalue weighted by Crippen LogP contribution is 2.30. The second-order valence-corrected chi connectivity index (χ2v) is 4.19. The van der Waals surface area contributed by atoms with Crippen molar-refractivity contribution in [2.24, 2.45) is 0 Å². The van der Waals surface area contributed by atoms with E-state index in [1.54, 1.807) is 12.1 Å². The van der Waals surface area contributed by atoms with Crippen LogP contribution in [-0.4, -0.2) is 16.2 Å². The molecule has 2 N–H and O–H groups in total. The minimum absolute atomic E-state index is 0.308. The Morgan fingerprint density at radius 3 is 2.80 bits per heavy atom. The molecule has 0 radical (unpaired) electrons. The Labute approximate surface area is 88.4 Å². The third-order valence-corrected chi connectivity index (χ3v) is 3.15. The Balaban J connectivity index is 2.51. The molecule has 3 nitrogen and oxygen atoms in total. The molecule has 1 unspecified atom stereocenters. The largest absolute Gasteiger partial charge is 0.479 e. The van der Waals surface area contributed by atoms with Crippen LogP contribution >= 0.6 is 11.3 Å². The van der Waals surface area contributed by atoms with Gasteiger partial charge in [-0.15, -0.1) is 11.3 Å². The first-order chi connectivity index (χ1) is 7.08. The molecule has 0 amide bonds. The van der Waals surface area contributed by atoms with Crippen LogP contribution in [0.4, 0.5) is 4.39 Å². The molecule has 5 heteroatoms. The average molecular weight is 226 g/mol. The number of hydrogen-bond donors (Lipinski definition) is 2. The second kappa shape index (κ2) is 3.60. The van der Waals surface area contributed by atoms with E-state index in [1.165, 1.54) is 12.1 Å². The number of carboxylic acid groups (broad SMARTS) is 1. The zero-order valence-electron chi connectivity index (χ0n) is 7.48. The summed E-state index contributed by atoms with van der Waals surface area (Å²) in [6.07, 6.45) is -1.54. The van der Waals surface area contributed by atoms with Crippen LogP contribution in [0, 0.1) is 5.82 Å². The molecule has 2 rings (SSSR count). The molecule has 0 aliphatic rings. The van der Waals surface area contributed by atoms with Gasteiger partial charge in [0.1, 0.15) is 5.82 Å². The maximum absolute atomic E-state index is 12.8. The predicted molar refractivity (Wildman–Crippen MR) is 54.4 cm³/mol. The molecule has 1 atom stereocenters. The van der Waals surface area contributed by atoms with E-state index in [0.29, 0.717) is 9.58 Å². The first kappa shape index (κ1) is 10.1. The quantitative estimate of drug-likeness (QED) is 0.825. The van der Waals surface area contributed by atoms with Crippen molar-refractivity contribution in [3.63, 3.8) is 0 Å². The van der Waals surface area contributed by atoms with Crippen LogP contribution in [0.2, 0.25) is 0 Å². The third kappa shape index (κ3) is 1.84. The van der Waals surface area contributed by atoms with Gasteiger partial charge in [-0.3, -0.25) is 0 Å². The average Bonchev–Trinajstić information content (AvgIpc) is 2.58. The van der Waals surface area contributed by atoms with Crippen molar-refractivity contribution in [1.29, 1.82) is 0 Å². The molecule has 0 saturated heterocycles. The first-order valence-corrected chi connectivity index (χ1v) is 4.99. The Kier molecular flexibility index (Phi) is 2.42. The number of benzene rings is 1. The second-order valence-electron chi connectivity index (χ2n) is 3.07. The van der Waals surface area contributed by atoms with Crippen LogP contribution in [0.25, 0.3) is 10.1 Å². The fraction of sp³-hybridized carbons (Fsp3) is 0.100. The minimum atomic E-state index is -1.54. The van der Waals surface area contributed by atoms with Crippen LogP contribution in [0.5, 0.6) is 0 Å². The van der Waals surface area contributed by atoms with E-state index in [2.05, 4.69) is 0 Å². The van der Waals surface area contributed by atoms with Gasteiger partial charge in [0, 0.05) is 9.58 Å². The molecule has 0 aliphatic carbocycles. The van der Waals surface area contributed by atoms with Crippen LogP contribution in [0.3, 0.4) is 0 Å². The summed E-state index contributed by atoms with van der Waals surface area (Å²) in [6.45, 7) is 0. The lowest BCUT2D eigenvalue weighted by atomic mass is 10.2. The van der Waals surface area contributed by atoms with Gasteiger partial charge in [-0.2, -0.15) is 0 Å². The van der Waals surface area contributed by atoms with Crippen molar-refractivity contribution in [3.05, 3.63) is 35.0 Å². The summed E-state index contributed by atoms with van der Waals surface area (Å²) in [4.78, 5) is 10.8. The molecule has 1 aromatic carbocycles. The van der Waals surface area contributed by atoms with E-state index in [-0.39, 0.29) is 5.82 Å². The summed E-state index contributed by atoms with van der Waals surface area (Å²) in [5.41, 5.74) is 0. The lowest BCUT2D eigenvalue weighted by Crippen LogP contribution is -2.08. The summed E-state index contributed by atoms with van der Waals surface area (Å²) in [5, 5.41) is 18.6. The van der Waals surface area contributed by atoms with Gasteiger partial charge in [0.2, 0.25) is 0 Å². The van der Waals surface area contributed by atoms with Gasteiger partial charge in [-0.05, 0) is 23.6 Å². The zero-order valence-corrected chi connectivity index (χ0v) is 8.29. The van der Waals surface area contributed by atoms with E-state index >= 15 is 0 Å². The minimum Gasteiger partial charge on any atom is -0.479 e. The van der Waals surface area contributed by atoms with Crippen molar-refractivity contribution in [2.75, 3.05) is 0 Å². The number of carbonyl (C=O) groups is 1. The first-order valence-electron chi connectivity index (χ1n) is 4.18. The standard InChI is InChI=1S/C10H7FO3S/c11-6-2-1-5-3-8(9(12)10(13)14)15-7(5)4-6/h1-4,9,12H,(H,13,14). The smallest absolute Gasteiger partial charge is 0.338 e. The van der Waals surface area contributed by atoms with Gasteiger partial charge in [0.25, 0.3) is 0 Å². The Morgan fingerprint density at radius 1 is 1.40 bits per heavy atom. The van der Waals surface area contributed by atoms with Gasteiger partial charge in [-0.1, -0.05) is 6.07 Å². The normalized spacial score (nSPS) is 12.9. The molecule has 0 bridgehead atoms. The number of thiophene rings is 1. The Morgan fingerprint density at radius 2 is 2.13 bits per heavy atom. The fourth-order valence-electron chi connectivity index (χ4n) is 1.28. The van der Waals surface area contributed by atoms with Gasteiger partial charge < -0.3 is 10.2 Å². The van der Waals surface area contributed by atoms with Crippen LogP contribution in [0.1, 0.15) is 11.0 Å². The van der Waals surface area contributed by atoms with Gasteiger partial charge in [0.15, 0.2) is 6.10 Å². The number of aliphatic hydroxyl groups is 1. The Bertz CT molecular complexity index is 520. The van der Waals surface area contributed by atoms with E-state index < -0.39 is 12.1 Å². The van der Waals surface area contributed by atoms with E-state index in [0.717, 1.165) is 16.7 Å². The summed E-state index contributed by atoms with van der Waals surface area (Å²) >= 11 is 1.08. The van der Waals surface area contributed by atoms with E-state index in [4.69, 9.17) is 5.11 Å². The highest BCUT2D eigenvalue weighted by Gasteiger charge is 2.18. The number of aliphatic carboxylic acids is 1. The molecular weight excluding hydrogens is 219 g/mol. The number of aliphatic hydroxyl groups excluding tert-OH is 1. The molecular formula is C10H7FO3S. The maximum atomic E-state index is 12.8. The van der Waals surface area contributed by atoms with Gasteiger partial charge in [0.05, 0.1) is 0 Å². The number of halogens is 1. The lowest BCUT2D eigenvalue weighted by molar-refractivity contribution is -0.146. The fourth-order valence-corrected chi connectivity index (χ4v) is 2.35. The summed E-state index contributed by atoms with van der Waals surface area (Å²) in [6, 6.07) is 5.72. The third-order valence-electron chi connectivity index (χ3n) is 2.00. The number of carboxylic acids is 1. The number of rotatable bonds is 2. The molecule has 78 valence electrons. The summed E-state index contributed by atoms with van der Waals surface area (Å²) in [5.74, 6) is -1.68. The van der Waals surface area contributed by atoms with Crippen molar-refractivity contribution in [2.45, 2.75) is 6.10 Å². The number of fused-ring (bicyclic) bond motifs is 1. The molecule has 1 aromatic heterocycles. The van der Waals surface area contributed by atoms with Crippen molar-refractivity contribution in [3.8, 4) is 0 Å². The Hall–Kier alpha value is -1.46. The molecule has 0 saturated carbocycles. The highest BCUT2D eigenvalue weighted by molar-refractivity contribution is 7.19. The van der Waals surface area contributed by atoms with E-state index in [9.17, 15) is 14.3 Å². The maximum Gasteiger partial charge on any atom is 0.338 e. The van der Waals surface area contributed by atoms with Crippen molar-refractivity contribution >= 4 is 27.4 Å². The highest BCUT2D eigenvalue weighted by atomic mass is 32.1. The predicted octanol–water partition coefficient (Wildman–Crippen LogP) is 2.16. The molecule has 1 heterocycles. The number of hydrogen-bond acceptors (Lipinski definition) is 3. The van der Waals surface area contributed by atoms with Crippen LogP contribution in [-0.2, 0) is 4.79 Å². The molecule has 15 heavy (non-hydrogen) atoms. The SMILES string of the molecule is O=C(O)C(O)c1cc2ccc(F)cc2s1. The van der Waals surface area contributed by atoms with Crippen LogP contribution < -0.4 is 0 Å². The molecule has 2 aromatic rings. The van der Waals surface area contributed by atoms with Gasteiger partial charge in [-0.25, -0.2) is 9.18 Å².